The van der Waals surface area contributed by atoms with E-state index < -0.39 is 0 Å². The number of hydrogen-bond acceptors (Lipinski definition) is 5. The van der Waals surface area contributed by atoms with Gasteiger partial charge in [-0.2, -0.15) is 4.98 Å². The molecule has 1 aromatic heterocycles. The number of nitrogens with zero attached hydrogens (tertiary/aromatic N) is 4. The van der Waals surface area contributed by atoms with Crippen molar-refractivity contribution in [1.29, 1.82) is 0 Å². The summed E-state index contributed by atoms with van der Waals surface area (Å²) in [6.07, 6.45) is 6.32. The van der Waals surface area contributed by atoms with Gasteiger partial charge in [0.15, 0.2) is 0 Å². The zero-order valence-electron chi connectivity index (χ0n) is 14.9. The summed E-state index contributed by atoms with van der Waals surface area (Å²) in [5, 5.41) is 4.23. The van der Waals surface area contributed by atoms with Gasteiger partial charge in [0.1, 0.15) is 0 Å². The van der Waals surface area contributed by atoms with Crippen LogP contribution in [-0.4, -0.2) is 46.6 Å². The third-order valence-corrected chi connectivity index (χ3v) is 6.06. The number of carbonyl (C=O) groups is 1. The van der Waals surface area contributed by atoms with Crippen molar-refractivity contribution in [3.05, 3.63) is 30.3 Å². The number of rotatable bonds is 3. The van der Waals surface area contributed by atoms with Gasteiger partial charge in [-0.3, -0.25) is 4.79 Å². The van der Waals surface area contributed by atoms with Crippen LogP contribution in [0.1, 0.15) is 38.5 Å². The summed E-state index contributed by atoms with van der Waals surface area (Å²) in [6, 6.07) is 10.4. The predicted octanol–water partition coefficient (Wildman–Crippen LogP) is 3.11. The van der Waals surface area contributed by atoms with E-state index in [0.29, 0.717) is 30.2 Å². The van der Waals surface area contributed by atoms with E-state index in [-0.39, 0.29) is 5.41 Å². The highest BCUT2D eigenvalue weighted by atomic mass is 16.5. The average molecular weight is 352 g/mol. The Kier molecular flexibility index (Phi) is 3.72. The normalized spacial score (nSPS) is 26.5. The van der Waals surface area contributed by atoms with E-state index in [2.05, 4.69) is 19.9 Å². The lowest BCUT2D eigenvalue weighted by Gasteiger charge is -2.48. The standard InChI is InChI=1S/C20H24N4O2/c25-17-9-11-20(14-24(17)16-7-8-16)10-4-12-23(13-20)19-21-18(26-22-19)15-5-2-1-3-6-15/h1-3,5-6,16H,4,7-14H2. The van der Waals surface area contributed by atoms with Crippen molar-refractivity contribution in [2.45, 2.75) is 44.6 Å². The second-order valence-electron chi connectivity index (χ2n) is 8.04. The molecule has 5 rings (SSSR count). The molecule has 1 unspecified atom stereocenters. The number of aromatic nitrogens is 2. The molecule has 1 atom stereocenters. The van der Waals surface area contributed by atoms with Gasteiger partial charge >= 0.3 is 0 Å². The van der Waals surface area contributed by atoms with Gasteiger partial charge in [-0.05, 0) is 49.4 Å². The summed E-state index contributed by atoms with van der Waals surface area (Å²) < 4.78 is 5.50. The van der Waals surface area contributed by atoms with Gasteiger partial charge in [-0.1, -0.05) is 18.2 Å². The van der Waals surface area contributed by atoms with E-state index >= 15 is 0 Å². The molecule has 0 bridgehead atoms. The van der Waals surface area contributed by atoms with E-state index in [4.69, 9.17) is 4.52 Å². The molecule has 1 spiro atoms. The molecule has 1 aliphatic carbocycles. The molecule has 6 heteroatoms. The molecule has 3 aliphatic rings. The second kappa shape index (κ2) is 6.11. The highest BCUT2D eigenvalue weighted by Crippen LogP contribution is 2.43. The van der Waals surface area contributed by atoms with E-state index in [0.717, 1.165) is 38.0 Å². The first-order chi connectivity index (χ1) is 12.7. The Bertz CT molecular complexity index is 801. The van der Waals surface area contributed by atoms with E-state index in [1.165, 1.54) is 19.3 Å². The number of hydrogen-bond donors (Lipinski definition) is 0. The fourth-order valence-corrected chi connectivity index (χ4v) is 4.52. The predicted molar refractivity (Wildman–Crippen MR) is 97.6 cm³/mol. The van der Waals surface area contributed by atoms with Crippen molar-refractivity contribution in [2.75, 3.05) is 24.5 Å². The smallest absolute Gasteiger partial charge is 0.266 e. The molecular formula is C20H24N4O2. The van der Waals surface area contributed by atoms with E-state index in [9.17, 15) is 4.79 Å². The summed E-state index contributed by atoms with van der Waals surface area (Å²) in [7, 11) is 0. The van der Waals surface area contributed by atoms with Crippen LogP contribution < -0.4 is 4.90 Å². The molecule has 2 aliphatic heterocycles. The van der Waals surface area contributed by atoms with Crippen LogP contribution in [0.4, 0.5) is 5.95 Å². The van der Waals surface area contributed by atoms with Gasteiger partial charge in [0.05, 0.1) is 0 Å². The number of likely N-dealkylation sites (tertiary alicyclic amines) is 1. The van der Waals surface area contributed by atoms with Gasteiger partial charge in [0.2, 0.25) is 5.91 Å². The number of amides is 1. The molecule has 2 aromatic rings. The second-order valence-corrected chi connectivity index (χ2v) is 8.04. The van der Waals surface area contributed by atoms with Crippen LogP contribution in [0.2, 0.25) is 0 Å². The van der Waals surface area contributed by atoms with Crippen molar-refractivity contribution in [3.8, 4) is 11.5 Å². The molecule has 1 amide bonds. The topological polar surface area (TPSA) is 62.5 Å². The van der Waals surface area contributed by atoms with Crippen LogP contribution in [-0.2, 0) is 4.79 Å². The Hall–Kier alpha value is -2.37. The molecule has 6 nitrogen and oxygen atoms in total. The highest BCUT2D eigenvalue weighted by molar-refractivity contribution is 5.78. The Morgan fingerprint density at radius 2 is 1.96 bits per heavy atom. The summed E-state index contributed by atoms with van der Waals surface area (Å²) >= 11 is 0. The van der Waals surface area contributed by atoms with E-state index in [1.807, 2.05) is 30.3 Å². The molecule has 3 fully saturated rings. The molecular weight excluding hydrogens is 328 g/mol. The van der Waals surface area contributed by atoms with Crippen molar-refractivity contribution in [3.63, 3.8) is 0 Å². The van der Waals surface area contributed by atoms with Crippen molar-refractivity contribution in [2.24, 2.45) is 5.41 Å². The van der Waals surface area contributed by atoms with Crippen LogP contribution in [0, 0.1) is 5.41 Å². The highest BCUT2D eigenvalue weighted by Gasteiger charge is 2.46. The monoisotopic (exact) mass is 352 g/mol. The molecule has 136 valence electrons. The lowest BCUT2D eigenvalue weighted by molar-refractivity contribution is -0.138. The number of benzene rings is 1. The summed E-state index contributed by atoms with van der Waals surface area (Å²) in [6.45, 7) is 2.76. The minimum atomic E-state index is 0.183. The maximum absolute atomic E-state index is 12.3. The molecule has 1 aromatic carbocycles. The zero-order chi connectivity index (χ0) is 17.6. The Morgan fingerprint density at radius 3 is 2.77 bits per heavy atom. The van der Waals surface area contributed by atoms with Gasteiger partial charge in [-0.15, -0.1) is 0 Å². The fraction of sp³-hybridized carbons (Fsp3) is 0.550. The Morgan fingerprint density at radius 1 is 1.12 bits per heavy atom. The maximum atomic E-state index is 12.3. The lowest BCUT2D eigenvalue weighted by Crippen LogP contribution is -2.54. The fourth-order valence-electron chi connectivity index (χ4n) is 4.52. The summed E-state index contributed by atoms with van der Waals surface area (Å²) in [5.74, 6) is 1.60. The summed E-state index contributed by atoms with van der Waals surface area (Å²) in [4.78, 5) is 21.3. The molecule has 1 saturated carbocycles. The maximum Gasteiger partial charge on any atom is 0.266 e. The largest absolute Gasteiger partial charge is 0.339 e. The van der Waals surface area contributed by atoms with Crippen molar-refractivity contribution >= 4 is 11.9 Å². The number of piperidine rings is 2. The average Bonchev–Trinajstić information content (AvgIpc) is 3.40. The third-order valence-electron chi connectivity index (χ3n) is 6.06. The van der Waals surface area contributed by atoms with Crippen molar-refractivity contribution < 1.29 is 9.32 Å². The van der Waals surface area contributed by atoms with Gasteiger partial charge in [0, 0.05) is 43.1 Å². The van der Waals surface area contributed by atoms with E-state index in [1.54, 1.807) is 0 Å². The molecule has 2 saturated heterocycles. The van der Waals surface area contributed by atoms with Gasteiger partial charge in [0.25, 0.3) is 11.8 Å². The Balaban J connectivity index is 1.35. The molecule has 3 heterocycles. The number of anilines is 1. The quantitative estimate of drug-likeness (QED) is 0.849. The first kappa shape index (κ1) is 15.9. The zero-order valence-corrected chi connectivity index (χ0v) is 14.9. The first-order valence-electron chi connectivity index (χ1n) is 9.66. The number of carbonyl (C=O) groups excluding carboxylic acids is 1. The lowest BCUT2D eigenvalue weighted by atomic mass is 9.73. The molecule has 0 N–H and O–H groups in total. The Labute approximate surface area is 153 Å². The van der Waals surface area contributed by atoms with Crippen molar-refractivity contribution in [1.82, 2.24) is 15.0 Å². The first-order valence-corrected chi connectivity index (χ1v) is 9.66. The van der Waals surface area contributed by atoms with Crippen LogP contribution in [0.3, 0.4) is 0 Å². The van der Waals surface area contributed by atoms with Gasteiger partial charge in [-0.25, -0.2) is 0 Å². The molecule has 26 heavy (non-hydrogen) atoms. The SMILES string of the molecule is O=C1CCC2(CCCN(c3noc(-c4ccccc4)n3)C2)CN1C1CC1. The minimum Gasteiger partial charge on any atom is -0.339 e. The third kappa shape index (κ3) is 2.87. The van der Waals surface area contributed by atoms with Gasteiger partial charge < -0.3 is 14.3 Å². The van der Waals surface area contributed by atoms with Crippen LogP contribution >= 0.6 is 0 Å². The van der Waals surface area contributed by atoms with Crippen LogP contribution in [0.25, 0.3) is 11.5 Å². The molecule has 0 radical (unpaired) electrons. The summed E-state index contributed by atoms with van der Waals surface area (Å²) in [5.41, 5.74) is 1.13. The minimum absolute atomic E-state index is 0.183. The van der Waals surface area contributed by atoms with Crippen LogP contribution in [0.5, 0.6) is 0 Å². The van der Waals surface area contributed by atoms with Crippen LogP contribution in [0.15, 0.2) is 34.9 Å².